The fraction of sp³-hybridized carbons (Fsp3) is 0.409. The van der Waals surface area contributed by atoms with Gasteiger partial charge in [-0.05, 0) is 54.8 Å². The summed E-state index contributed by atoms with van der Waals surface area (Å²) < 4.78 is 24.9. The maximum atomic E-state index is 13.5. The highest BCUT2D eigenvalue weighted by molar-refractivity contribution is 5.34. The summed E-state index contributed by atoms with van der Waals surface area (Å²) in [7, 11) is 0. The highest BCUT2D eigenvalue weighted by atomic mass is 19.1. The molecule has 1 N–H and O–H groups in total. The zero-order valence-corrected chi connectivity index (χ0v) is 15.8. The molecule has 2 aromatic rings. The number of rotatable bonds is 9. The monoisotopic (exact) mass is 384 g/mol. The molecule has 148 valence electrons. The largest absolute Gasteiger partial charge is 0.491 e. The van der Waals surface area contributed by atoms with Gasteiger partial charge in [0.1, 0.15) is 24.3 Å². The van der Waals surface area contributed by atoms with Gasteiger partial charge < -0.3 is 14.6 Å². The molecule has 28 heavy (non-hydrogen) atoms. The van der Waals surface area contributed by atoms with Gasteiger partial charge in [-0.1, -0.05) is 12.1 Å². The van der Waals surface area contributed by atoms with Crippen LogP contribution in [0.3, 0.4) is 0 Å². The lowest BCUT2D eigenvalue weighted by Gasteiger charge is -2.27. The van der Waals surface area contributed by atoms with Gasteiger partial charge in [0.2, 0.25) is 0 Å². The molecule has 0 saturated carbocycles. The Morgan fingerprint density at radius 1 is 1.29 bits per heavy atom. The first kappa shape index (κ1) is 20.3. The average molecular weight is 384 g/mol. The summed E-state index contributed by atoms with van der Waals surface area (Å²) in [6.07, 6.45) is 1.48. The molecule has 1 aliphatic heterocycles. The fourth-order valence-electron chi connectivity index (χ4n) is 3.34. The number of nitrogens with zero attached hydrogens (tertiary/aromatic N) is 2. The van der Waals surface area contributed by atoms with E-state index in [1.54, 1.807) is 30.3 Å². The molecule has 0 bridgehead atoms. The average Bonchev–Trinajstić information content (AvgIpc) is 3.20. The van der Waals surface area contributed by atoms with Crippen molar-refractivity contribution in [3.05, 3.63) is 65.5 Å². The van der Waals surface area contributed by atoms with Crippen molar-refractivity contribution in [2.24, 2.45) is 0 Å². The van der Waals surface area contributed by atoms with Gasteiger partial charge in [-0.25, -0.2) is 4.39 Å². The van der Waals surface area contributed by atoms with Crippen molar-refractivity contribution < 1.29 is 19.0 Å². The second-order valence-corrected chi connectivity index (χ2v) is 7.06. The van der Waals surface area contributed by atoms with E-state index in [1.165, 1.54) is 12.1 Å². The van der Waals surface area contributed by atoms with Crippen LogP contribution in [0.5, 0.6) is 5.75 Å². The molecule has 0 radical (unpaired) electrons. The zero-order chi connectivity index (χ0) is 19.8. The SMILES string of the molecule is N#Cc1ccc(OCC(O)CN(Cc2cccc(F)c2)CC2CCCO2)cc1. The van der Waals surface area contributed by atoms with Crippen LogP contribution in [0.4, 0.5) is 4.39 Å². The van der Waals surface area contributed by atoms with Crippen LogP contribution in [0.1, 0.15) is 24.0 Å². The smallest absolute Gasteiger partial charge is 0.123 e. The Morgan fingerprint density at radius 2 is 2.11 bits per heavy atom. The van der Waals surface area contributed by atoms with Gasteiger partial charge >= 0.3 is 0 Å². The number of hydrogen-bond acceptors (Lipinski definition) is 5. The van der Waals surface area contributed by atoms with Crippen LogP contribution in [0.25, 0.3) is 0 Å². The molecule has 1 fully saturated rings. The molecule has 1 aliphatic rings. The molecule has 5 nitrogen and oxygen atoms in total. The molecule has 2 atom stereocenters. The quantitative estimate of drug-likeness (QED) is 0.720. The standard InChI is InChI=1S/C22H25FN2O3/c23-19-4-1-3-18(11-19)13-25(15-22-5-2-10-27-22)14-20(26)16-28-21-8-6-17(12-24)7-9-21/h1,3-4,6-9,11,20,22,26H,2,5,10,13-16H2. The maximum Gasteiger partial charge on any atom is 0.123 e. The maximum absolute atomic E-state index is 13.5. The first-order chi connectivity index (χ1) is 13.6. The summed E-state index contributed by atoms with van der Waals surface area (Å²) in [5, 5.41) is 19.3. The number of halogens is 1. The Kier molecular flexibility index (Phi) is 7.38. The molecule has 1 saturated heterocycles. The van der Waals surface area contributed by atoms with Crippen molar-refractivity contribution in [1.29, 1.82) is 5.26 Å². The van der Waals surface area contributed by atoms with Gasteiger partial charge in [0.05, 0.1) is 17.7 Å². The van der Waals surface area contributed by atoms with E-state index in [-0.39, 0.29) is 18.5 Å². The topological polar surface area (TPSA) is 65.7 Å². The molecule has 0 aromatic heterocycles. The highest BCUT2D eigenvalue weighted by Gasteiger charge is 2.21. The van der Waals surface area contributed by atoms with E-state index in [9.17, 15) is 9.50 Å². The Hall–Kier alpha value is -2.46. The molecular formula is C22H25FN2O3. The molecule has 2 aromatic carbocycles. The van der Waals surface area contributed by atoms with Crippen LogP contribution in [0, 0.1) is 17.1 Å². The van der Waals surface area contributed by atoms with E-state index in [1.807, 2.05) is 6.07 Å². The second-order valence-electron chi connectivity index (χ2n) is 7.06. The zero-order valence-electron chi connectivity index (χ0n) is 15.8. The fourth-order valence-corrected chi connectivity index (χ4v) is 3.34. The van der Waals surface area contributed by atoms with E-state index in [4.69, 9.17) is 14.7 Å². The molecule has 0 amide bonds. The van der Waals surface area contributed by atoms with Crippen molar-refractivity contribution in [3.8, 4) is 11.8 Å². The van der Waals surface area contributed by atoms with Crippen molar-refractivity contribution >= 4 is 0 Å². The number of ether oxygens (including phenoxy) is 2. The molecule has 6 heteroatoms. The molecule has 2 unspecified atom stereocenters. The predicted octanol–water partition coefficient (Wildman–Crippen LogP) is 3.12. The molecule has 1 heterocycles. The van der Waals surface area contributed by atoms with Gasteiger partial charge in [-0.3, -0.25) is 4.90 Å². The van der Waals surface area contributed by atoms with Gasteiger partial charge in [0, 0.05) is 26.2 Å². The van der Waals surface area contributed by atoms with Crippen LogP contribution in [0.15, 0.2) is 48.5 Å². The van der Waals surface area contributed by atoms with Crippen LogP contribution < -0.4 is 4.74 Å². The van der Waals surface area contributed by atoms with E-state index in [0.29, 0.717) is 30.9 Å². The third kappa shape index (κ3) is 6.31. The minimum absolute atomic E-state index is 0.136. The van der Waals surface area contributed by atoms with Crippen LogP contribution in [-0.4, -0.2) is 48.5 Å². The predicted molar refractivity (Wildman–Crippen MR) is 103 cm³/mol. The lowest BCUT2D eigenvalue weighted by atomic mass is 10.1. The lowest BCUT2D eigenvalue weighted by Crippen LogP contribution is -2.39. The van der Waals surface area contributed by atoms with Crippen molar-refractivity contribution in [2.75, 3.05) is 26.3 Å². The Labute approximate surface area is 164 Å². The third-order valence-electron chi connectivity index (χ3n) is 4.68. The summed E-state index contributed by atoms with van der Waals surface area (Å²) >= 11 is 0. The number of aliphatic hydroxyl groups is 1. The summed E-state index contributed by atoms with van der Waals surface area (Å²) in [5.74, 6) is 0.341. The summed E-state index contributed by atoms with van der Waals surface area (Å²) in [5.41, 5.74) is 1.42. The van der Waals surface area contributed by atoms with Gasteiger partial charge in [0.25, 0.3) is 0 Å². The summed E-state index contributed by atoms with van der Waals surface area (Å²) in [6.45, 7) is 2.52. The van der Waals surface area contributed by atoms with Crippen LogP contribution in [0.2, 0.25) is 0 Å². The molecular weight excluding hydrogens is 359 g/mol. The van der Waals surface area contributed by atoms with Crippen molar-refractivity contribution in [2.45, 2.75) is 31.6 Å². The van der Waals surface area contributed by atoms with Crippen LogP contribution in [-0.2, 0) is 11.3 Å². The van der Waals surface area contributed by atoms with E-state index >= 15 is 0 Å². The molecule has 0 spiro atoms. The normalized spacial score (nSPS) is 17.4. The molecule has 0 aliphatic carbocycles. The van der Waals surface area contributed by atoms with Gasteiger partial charge in [-0.15, -0.1) is 0 Å². The van der Waals surface area contributed by atoms with Crippen molar-refractivity contribution in [1.82, 2.24) is 4.90 Å². The van der Waals surface area contributed by atoms with Crippen LogP contribution >= 0.6 is 0 Å². The molecule has 3 rings (SSSR count). The van der Waals surface area contributed by atoms with Crippen molar-refractivity contribution in [3.63, 3.8) is 0 Å². The summed E-state index contributed by atoms with van der Waals surface area (Å²) in [6, 6.07) is 15.3. The Morgan fingerprint density at radius 3 is 2.79 bits per heavy atom. The first-order valence-corrected chi connectivity index (χ1v) is 9.52. The number of hydrogen-bond donors (Lipinski definition) is 1. The number of aliphatic hydroxyl groups excluding tert-OH is 1. The van der Waals surface area contributed by atoms with E-state index in [0.717, 1.165) is 25.0 Å². The number of nitriles is 1. The van der Waals surface area contributed by atoms with Gasteiger partial charge in [0.15, 0.2) is 0 Å². The lowest BCUT2D eigenvalue weighted by molar-refractivity contribution is 0.0313. The number of benzene rings is 2. The minimum Gasteiger partial charge on any atom is -0.491 e. The Balaban J connectivity index is 1.56. The van der Waals surface area contributed by atoms with E-state index < -0.39 is 6.10 Å². The summed E-state index contributed by atoms with van der Waals surface area (Å²) in [4.78, 5) is 2.08. The van der Waals surface area contributed by atoms with Gasteiger partial charge in [-0.2, -0.15) is 5.26 Å². The Bertz CT molecular complexity index is 785. The second kappa shape index (κ2) is 10.2. The highest BCUT2D eigenvalue weighted by Crippen LogP contribution is 2.17. The van der Waals surface area contributed by atoms with E-state index in [2.05, 4.69) is 11.0 Å². The first-order valence-electron chi connectivity index (χ1n) is 9.52. The third-order valence-corrected chi connectivity index (χ3v) is 4.68. The minimum atomic E-state index is -0.703.